The quantitative estimate of drug-likeness (QED) is 0.674. The van der Waals surface area contributed by atoms with Crippen molar-refractivity contribution in [2.24, 2.45) is 5.92 Å². The van der Waals surface area contributed by atoms with Crippen LogP contribution in [-0.2, 0) is 14.8 Å². The molecule has 0 aliphatic carbocycles. The number of nitrogens with zero attached hydrogens (tertiary/aromatic N) is 1. The number of para-hydroxylation sites is 1. The number of benzene rings is 2. The van der Waals surface area contributed by atoms with Crippen LogP contribution in [0.4, 0.5) is 0 Å². The molecule has 1 amide bonds. The molecule has 7 nitrogen and oxygen atoms in total. The molecule has 1 fully saturated rings. The maximum atomic E-state index is 12.7. The Morgan fingerprint density at radius 1 is 1.10 bits per heavy atom. The van der Waals surface area contributed by atoms with Crippen LogP contribution in [0.1, 0.15) is 24.0 Å². The molecule has 0 saturated carbocycles. The first kappa shape index (κ1) is 23.1. The lowest BCUT2D eigenvalue weighted by Gasteiger charge is -2.32. The Morgan fingerprint density at radius 2 is 1.71 bits per heavy atom. The third-order valence-corrected chi connectivity index (χ3v) is 6.99. The molecule has 8 heteroatoms. The second kappa shape index (κ2) is 10.2. The number of carbonyl (C=O) groups excluding carboxylic acids is 1. The van der Waals surface area contributed by atoms with E-state index in [0.29, 0.717) is 31.1 Å². The van der Waals surface area contributed by atoms with Gasteiger partial charge in [0.1, 0.15) is 11.5 Å². The summed E-state index contributed by atoms with van der Waals surface area (Å²) in [5, 5.41) is 0. The van der Waals surface area contributed by atoms with Gasteiger partial charge in [0.05, 0.1) is 12.0 Å². The van der Waals surface area contributed by atoms with Gasteiger partial charge in [-0.2, -0.15) is 0 Å². The Bertz CT molecular complexity index is 977. The zero-order valence-corrected chi connectivity index (χ0v) is 19.1. The number of hydrogen-bond acceptors (Lipinski definition) is 5. The van der Waals surface area contributed by atoms with Gasteiger partial charge in [-0.3, -0.25) is 4.79 Å². The van der Waals surface area contributed by atoms with Crippen LogP contribution in [0.5, 0.6) is 11.5 Å². The van der Waals surface area contributed by atoms with Crippen LogP contribution >= 0.6 is 0 Å². The van der Waals surface area contributed by atoms with Gasteiger partial charge in [0.2, 0.25) is 10.0 Å². The van der Waals surface area contributed by atoms with E-state index in [1.165, 1.54) is 0 Å². The van der Waals surface area contributed by atoms with Crippen molar-refractivity contribution in [3.8, 4) is 11.5 Å². The highest BCUT2D eigenvalue weighted by Crippen LogP contribution is 2.26. The van der Waals surface area contributed by atoms with Gasteiger partial charge in [0.25, 0.3) is 5.91 Å². The van der Waals surface area contributed by atoms with Crippen molar-refractivity contribution < 1.29 is 22.7 Å². The number of methoxy groups -OCH3 is 1. The largest absolute Gasteiger partial charge is 0.496 e. The number of amides is 1. The van der Waals surface area contributed by atoms with Crippen molar-refractivity contribution in [1.82, 2.24) is 9.62 Å². The molecule has 0 spiro atoms. The minimum Gasteiger partial charge on any atom is -0.496 e. The number of hydrogen-bond donors (Lipinski definition) is 1. The van der Waals surface area contributed by atoms with E-state index in [9.17, 15) is 13.2 Å². The molecule has 1 N–H and O–H groups in total. The molecule has 1 saturated heterocycles. The van der Waals surface area contributed by atoms with Gasteiger partial charge in [-0.05, 0) is 68.0 Å². The number of nitrogens with one attached hydrogen (secondary N) is 1. The molecule has 0 radical (unpaired) electrons. The number of piperidine rings is 1. The van der Waals surface area contributed by atoms with Crippen molar-refractivity contribution in [2.45, 2.75) is 31.6 Å². The molecular formula is C23H30N2O5S. The summed E-state index contributed by atoms with van der Waals surface area (Å²) in [4.78, 5) is 14.4. The Morgan fingerprint density at radius 3 is 2.29 bits per heavy atom. The smallest absolute Gasteiger partial charge is 0.260 e. The first-order valence-electron chi connectivity index (χ1n) is 10.4. The summed E-state index contributed by atoms with van der Waals surface area (Å²) in [5.41, 5.74) is 1.57. The average Bonchev–Trinajstić information content (AvgIpc) is 2.77. The van der Waals surface area contributed by atoms with Crippen molar-refractivity contribution in [3.05, 3.63) is 53.6 Å². The maximum Gasteiger partial charge on any atom is 0.260 e. The van der Waals surface area contributed by atoms with Gasteiger partial charge in [-0.25, -0.2) is 13.1 Å². The zero-order chi connectivity index (χ0) is 22.4. The highest BCUT2D eigenvalue weighted by Gasteiger charge is 2.25. The summed E-state index contributed by atoms with van der Waals surface area (Å²) in [5.74, 6) is 1.51. The van der Waals surface area contributed by atoms with Crippen molar-refractivity contribution in [1.29, 1.82) is 0 Å². The van der Waals surface area contributed by atoms with Crippen LogP contribution in [-0.4, -0.2) is 52.6 Å². The molecule has 168 valence electrons. The molecule has 1 aliphatic rings. The molecule has 0 unspecified atom stereocenters. The van der Waals surface area contributed by atoms with Gasteiger partial charge in [0.15, 0.2) is 6.61 Å². The average molecular weight is 447 g/mol. The topological polar surface area (TPSA) is 84.9 Å². The molecule has 0 aromatic heterocycles. The fourth-order valence-corrected chi connectivity index (χ4v) is 5.12. The van der Waals surface area contributed by atoms with E-state index < -0.39 is 10.0 Å². The highest BCUT2D eigenvalue weighted by molar-refractivity contribution is 7.89. The van der Waals surface area contributed by atoms with Crippen LogP contribution in [0.2, 0.25) is 0 Å². The van der Waals surface area contributed by atoms with E-state index in [1.807, 2.05) is 44.2 Å². The number of rotatable bonds is 8. The van der Waals surface area contributed by atoms with Gasteiger partial charge >= 0.3 is 0 Å². The lowest BCUT2D eigenvalue weighted by Crippen LogP contribution is -2.43. The zero-order valence-electron chi connectivity index (χ0n) is 18.3. The van der Waals surface area contributed by atoms with Crippen molar-refractivity contribution in [2.75, 3.05) is 33.4 Å². The molecule has 2 aromatic rings. The molecule has 1 aliphatic heterocycles. The Labute approximate surface area is 184 Å². The van der Waals surface area contributed by atoms with Gasteiger partial charge in [-0.1, -0.05) is 18.2 Å². The number of sulfonamides is 1. The lowest BCUT2D eigenvalue weighted by atomic mass is 9.97. The van der Waals surface area contributed by atoms with E-state index in [-0.39, 0.29) is 23.3 Å². The maximum absolute atomic E-state index is 12.7. The Hall–Kier alpha value is -2.58. The summed E-state index contributed by atoms with van der Waals surface area (Å²) >= 11 is 0. The first-order valence-corrected chi connectivity index (χ1v) is 11.9. The molecule has 3 rings (SSSR count). The third-order valence-electron chi connectivity index (χ3n) is 5.58. The molecule has 0 atom stereocenters. The fraction of sp³-hybridized carbons (Fsp3) is 0.435. The number of aryl methyl sites for hydroxylation is 2. The predicted octanol–water partition coefficient (Wildman–Crippen LogP) is 2.91. The predicted molar refractivity (Wildman–Crippen MR) is 119 cm³/mol. The molecule has 31 heavy (non-hydrogen) atoms. The minimum absolute atomic E-state index is 0.0114. The van der Waals surface area contributed by atoms with Gasteiger partial charge in [0, 0.05) is 19.6 Å². The van der Waals surface area contributed by atoms with E-state index in [4.69, 9.17) is 9.47 Å². The van der Waals surface area contributed by atoms with Crippen molar-refractivity contribution >= 4 is 15.9 Å². The summed E-state index contributed by atoms with van der Waals surface area (Å²) < 4.78 is 39.1. The molecule has 2 aromatic carbocycles. The van der Waals surface area contributed by atoms with E-state index in [0.717, 1.165) is 24.0 Å². The lowest BCUT2D eigenvalue weighted by molar-refractivity contribution is -0.134. The highest BCUT2D eigenvalue weighted by atomic mass is 32.2. The summed E-state index contributed by atoms with van der Waals surface area (Å²) in [6.45, 7) is 5.24. The van der Waals surface area contributed by atoms with Crippen molar-refractivity contribution in [3.63, 3.8) is 0 Å². The van der Waals surface area contributed by atoms with Crippen LogP contribution < -0.4 is 14.2 Å². The van der Waals surface area contributed by atoms with E-state index >= 15 is 0 Å². The molecular weight excluding hydrogens is 416 g/mol. The fourth-order valence-electron chi connectivity index (χ4n) is 3.84. The Balaban J connectivity index is 1.48. The first-order chi connectivity index (χ1) is 14.8. The monoisotopic (exact) mass is 446 g/mol. The van der Waals surface area contributed by atoms with E-state index in [1.54, 1.807) is 24.1 Å². The second-order valence-corrected chi connectivity index (χ2v) is 9.64. The molecule has 0 bridgehead atoms. The van der Waals surface area contributed by atoms with Gasteiger partial charge < -0.3 is 14.4 Å². The normalized spacial score (nSPS) is 15.0. The van der Waals surface area contributed by atoms with Gasteiger partial charge in [-0.15, -0.1) is 0 Å². The SMILES string of the molecule is COc1c(C)cc(S(=O)(=O)NCC2CCN(C(=O)COc3ccccc3)CC2)cc1C. The second-order valence-electron chi connectivity index (χ2n) is 7.87. The number of ether oxygens (including phenoxy) is 2. The van der Waals surface area contributed by atoms with E-state index in [2.05, 4.69) is 4.72 Å². The summed E-state index contributed by atoms with van der Waals surface area (Å²) in [6.07, 6.45) is 1.50. The summed E-state index contributed by atoms with van der Waals surface area (Å²) in [6, 6.07) is 12.5. The Kier molecular flexibility index (Phi) is 7.56. The standard InChI is InChI=1S/C23H30N2O5S/c1-17-13-21(14-18(2)23(17)29-3)31(27,28)24-15-19-9-11-25(12-10-19)22(26)16-30-20-7-5-4-6-8-20/h4-8,13-14,19,24H,9-12,15-16H2,1-3H3. The minimum atomic E-state index is -3.60. The van der Waals surface area contributed by atoms with Crippen LogP contribution in [0, 0.1) is 19.8 Å². The van der Waals surface area contributed by atoms with Crippen LogP contribution in [0.3, 0.4) is 0 Å². The number of likely N-dealkylation sites (tertiary alicyclic amines) is 1. The van der Waals surface area contributed by atoms with Crippen LogP contribution in [0.25, 0.3) is 0 Å². The molecule has 1 heterocycles. The third kappa shape index (κ3) is 5.98. The van der Waals surface area contributed by atoms with Crippen LogP contribution in [0.15, 0.2) is 47.4 Å². The summed E-state index contributed by atoms with van der Waals surface area (Å²) in [7, 11) is -2.03. The number of carbonyl (C=O) groups is 1.